The molecule has 5 aromatic carbocycles. The van der Waals surface area contributed by atoms with Crippen LogP contribution in [0.3, 0.4) is 0 Å². The van der Waals surface area contributed by atoms with Crippen molar-refractivity contribution in [2.45, 2.75) is 108 Å². The van der Waals surface area contributed by atoms with Crippen LogP contribution in [0.4, 0.5) is 8.78 Å². The standard InChI is InChI=1S/C31H37.C13H8F2.C10H15.2ClH.Zr/c1-28(2,3)26-16-30(7,8)24-12-18-11-19-13-25-23(15-21(19)20(18)14-22(24)26)27(29(4,5)6)17-31(25,9)10;14-12-5-1-10(2-6-12)9-11-3-7-13(15)8-4-11;1-8-5-6-9(7-8)10(2,3)4;;;/h11-17H,1-10H3;1-8H;6-8H,1-4H3;2*1H;/q-1;;-1;;;+2/p-2. The van der Waals surface area contributed by atoms with E-state index in [-0.39, 0.29) is 58.1 Å². The molecule has 0 saturated heterocycles. The van der Waals surface area contributed by atoms with E-state index < -0.39 is 0 Å². The van der Waals surface area contributed by atoms with Gasteiger partial charge >= 0.3 is 108 Å². The molecule has 310 valence electrons. The van der Waals surface area contributed by atoms with Gasteiger partial charge in [-0.15, -0.1) is 39.7 Å². The maximum absolute atomic E-state index is 12.8. The van der Waals surface area contributed by atoms with E-state index in [4.69, 9.17) is 0 Å². The number of allylic oxidation sites excluding steroid dienone is 8. The summed E-state index contributed by atoms with van der Waals surface area (Å²) < 4.78 is 26.6. The maximum atomic E-state index is 12.8. The quantitative estimate of drug-likeness (QED) is 0.155. The number of rotatable bonds is 2. The van der Waals surface area contributed by atoms with Crippen molar-refractivity contribution in [2.24, 2.45) is 22.2 Å². The molecule has 1 unspecified atom stereocenters. The predicted molar refractivity (Wildman–Crippen MR) is 238 cm³/mol. The summed E-state index contributed by atoms with van der Waals surface area (Å²) in [5.74, 6) is 0.0344. The summed E-state index contributed by atoms with van der Waals surface area (Å²) in [6.45, 7) is 32.3. The molecule has 8 rings (SSSR count). The van der Waals surface area contributed by atoms with Crippen LogP contribution in [0.1, 0.15) is 130 Å². The van der Waals surface area contributed by atoms with Gasteiger partial charge in [-0.1, -0.05) is 144 Å². The van der Waals surface area contributed by atoms with Crippen molar-refractivity contribution in [1.82, 2.24) is 0 Å². The predicted octanol–water partition coefficient (Wildman–Crippen LogP) is 9.21. The molecule has 0 bridgehead atoms. The van der Waals surface area contributed by atoms with Crippen molar-refractivity contribution < 1.29 is 57.8 Å². The SMILES string of the molecule is CC(C)(C)C1=CC(C)(C)c2cc3[cH-]c4cc5c(cc4c3cc21)C(C(C)(C)C)=CC5(C)C.CC1[C-]=CC(C(C)(C)C)=C1.Fc1ccc([C](=[Zr+2])c2ccc(F)cc2)cc1.[Cl-].[Cl-]. The second-order valence-electron chi connectivity index (χ2n) is 20.5. The summed E-state index contributed by atoms with van der Waals surface area (Å²) in [6.07, 6.45) is 12.7. The van der Waals surface area contributed by atoms with Crippen LogP contribution in [0.2, 0.25) is 0 Å². The molecule has 3 aliphatic carbocycles. The number of hydrogen-bond donors (Lipinski definition) is 0. The molecule has 0 heterocycles. The van der Waals surface area contributed by atoms with Gasteiger partial charge < -0.3 is 24.8 Å². The third kappa shape index (κ3) is 10.3. The summed E-state index contributed by atoms with van der Waals surface area (Å²) in [4.78, 5) is 0. The topological polar surface area (TPSA) is 0 Å². The van der Waals surface area contributed by atoms with Crippen molar-refractivity contribution in [3.05, 3.63) is 160 Å². The normalized spacial score (nSPS) is 17.3. The Morgan fingerprint density at radius 1 is 0.610 bits per heavy atom. The van der Waals surface area contributed by atoms with Crippen molar-refractivity contribution in [2.75, 3.05) is 0 Å². The molecule has 0 N–H and O–H groups in total. The fraction of sp³-hybridized carbons (Fsp3) is 0.370. The molecule has 0 saturated carbocycles. The molecular weight excluding hydrogens is 849 g/mol. The van der Waals surface area contributed by atoms with Gasteiger partial charge in [-0.05, 0) is 33.1 Å². The van der Waals surface area contributed by atoms with Crippen LogP contribution in [-0.2, 0) is 35.1 Å². The average Bonchev–Trinajstić information content (AvgIpc) is 3.84. The zero-order chi connectivity index (χ0) is 42.0. The summed E-state index contributed by atoms with van der Waals surface area (Å²) >= 11 is 1.22. The van der Waals surface area contributed by atoms with Crippen LogP contribution in [-0.4, -0.2) is 3.21 Å². The molecule has 1 atom stereocenters. The Kier molecular flexibility index (Phi) is 14.3. The third-order valence-electron chi connectivity index (χ3n) is 11.6. The monoisotopic (exact) mass is 906 g/mol. The Balaban J connectivity index is 0.000000229. The van der Waals surface area contributed by atoms with Gasteiger partial charge in [-0.2, -0.15) is 11.6 Å². The minimum absolute atomic E-state index is 0. The molecule has 0 aliphatic heterocycles. The van der Waals surface area contributed by atoms with Crippen LogP contribution in [0.15, 0.2) is 109 Å². The second kappa shape index (κ2) is 17.3. The Labute approximate surface area is 380 Å². The van der Waals surface area contributed by atoms with Gasteiger partial charge in [0.05, 0.1) is 0 Å². The van der Waals surface area contributed by atoms with E-state index in [0.717, 1.165) is 14.3 Å². The molecule has 0 aromatic heterocycles. The van der Waals surface area contributed by atoms with Gasteiger partial charge in [0.1, 0.15) is 0 Å². The molecule has 5 aromatic rings. The first-order valence-corrected chi connectivity index (χ1v) is 21.6. The second-order valence-corrected chi connectivity index (χ2v) is 21.8. The maximum Gasteiger partial charge on any atom is -1.00 e. The molecule has 0 fully saturated rings. The molecule has 0 radical (unpaired) electrons. The molecular formula is C54H60Cl2F2Zr-2. The molecule has 0 nitrogen and oxygen atoms in total. The molecule has 3 aliphatic rings. The summed E-state index contributed by atoms with van der Waals surface area (Å²) in [7, 11) is 0. The van der Waals surface area contributed by atoms with Crippen LogP contribution in [0, 0.1) is 39.9 Å². The van der Waals surface area contributed by atoms with Gasteiger partial charge in [0, 0.05) is 10.8 Å². The first kappa shape index (κ1) is 48.6. The van der Waals surface area contributed by atoms with Gasteiger partial charge in [0.25, 0.3) is 0 Å². The summed E-state index contributed by atoms with van der Waals surface area (Å²) in [5, 5.41) is 5.58. The van der Waals surface area contributed by atoms with Gasteiger partial charge in [-0.25, -0.2) is 6.08 Å². The fourth-order valence-electron chi connectivity index (χ4n) is 8.34. The van der Waals surface area contributed by atoms with Crippen molar-refractivity contribution in [1.29, 1.82) is 0 Å². The molecule has 59 heavy (non-hydrogen) atoms. The van der Waals surface area contributed by atoms with Crippen LogP contribution < -0.4 is 24.8 Å². The van der Waals surface area contributed by atoms with E-state index >= 15 is 0 Å². The van der Waals surface area contributed by atoms with E-state index in [1.165, 1.54) is 109 Å². The number of halogens is 4. The Morgan fingerprint density at radius 3 is 1.27 bits per heavy atom. The number of fused-ring (bicyclic) bond motifs is 5. The van der Waals surface area contributed by atoms with Crippen molar-refractivity contribution in [3.63, 3.8) is 0 Å². The van der Waals surface area contributed by atoms with E-state index in [2.05, 4.69) is 158 Å². The van der Waals surface area contributed by atoms with E-state index in [1.54, 1.807) is 24.3 Å². The molecule has 0 amide bonds. The van der Waals surface area contributed by atoms with Crippen LogP contribution in [0.25, 0.3) is 32.7 Å². The Hall–Kier alpha value is -3.10. The molecule has 5 heteroatoms. The Bertz CT molecular complexity index is 2330. The van der Waals surface area contributed by atoms with Crippen molar-refractivity contribution in [3.8, 4) is 0 Å². The zero-order valence-corrected chi connectivity index (χ0v) is 41.4. The average molecular weight is 909 g/mol. The fourth-order valence-corrected chi connectivity index (χ4v) is 9.16. The number of benzene rings is 4. The van der Waals surface area contributed by atoms with E-state index in [1.807, 2.05) is 0 Å². The van der Waals surface area contributed by atoms with Crippen LogP contribution in [0.5, 0.6) is 0 Å². The minimum Gasteiger partial charge on any atom is -1.00 e. The molecule has 0 spiro atoms. The number of hydrogen-bond acceptors (Lipinski definition) is 0. The van der Waals surface area contributed by atoms with Crippen LogP contribution >= 0.6 is 0 Å². The first-order valence-electron chi connectivity index (χ1n) is 20.4. The summed E-state index contributed by atoms with van der Waals surface area (Å²) in [5.41, 5.74) is 13.0. The Morgan fingerprint density at radius 2 is 0.983 bits per heavy atom. The van der Waals surface area contributed by atoms with E-state index in [9.17, 15) is 8.78 Å². The third-order valence-corrected chi connectivity index (χ3v) is 13.1. The smallest absolute Gasteiger partial charge is 1.00 e. The van der Waals surface area contributed by atoms with Crippen molar-refractivity contribution >= 4 is 35.9 Å². The summed E-state index contributed by atoms with van der Waals surface area (Å²) in [6, 6.07) is 25.0. The zero-order valence-electron chi connectivity index (χ0n) is 37.4. The van der Waals surface area contributed by atoms with Gasteiger partial charge in [0.15, 0.2) is 0 Å². The van der Waals surface area contributed by atoms with Gasteiger partial charge in [0.2, 0.25) is 0 Å². The van der Waals surface area contributed by atoms with Gasteiger partial charge in [-0.3, -0.25) is 6.08 Å². The largest absolute Gasteiger partial charge is 1.00 e. The minimum atomic E-state index is -0.244. The van der Waals surface area contributed by atoms with E-state index in [0.29, 0.717) is 11.3 Å². The first-order chi connectivity index (χ1) is 26.3.